The molecule has 0 aliphatic heterocycles. The van der Waals surface area contributed by atoms with E-state index in [1.165, 1.54) is 12.3 Å². The number of hydrazine groups is 1. The second kappa shape index (κ2) is 7.00. The molecule has 0 bridgehead atoms. The summed E-state index contributed by atoms with van der Waals surface area (Å²) in [7, 11) is 0. The van der Waals surface area contributed by atoms with Crippen molar-refractivity contribution in [3.63, 3.8) is 0 Å². The fraction of sp³-hybridized carbons (Fsp3) is 0.200. The van der Waals surface area contributed by atoms with E-state index in [4.69, 9.17) is 20.8 Å². The van der Waals surface area contributed by atoms with E-state index < -0.39 is 17.9 Å². The molecular formula is C15H15ClN2O4. The largest absolute Gasteiger partial charge is 0.481 e. The summed E-state index contributed by atoms with van der Waals surface area (Å²) in [4.78, 5) is 23.5. The van der Waals surface area contributed by atoms with Gasteiger partial charge in [0.15, 0.2) is 11.9 Å². The van der Waals surface area contributed by atoms with Crippen LogP contribution in [-0.2, 0) is 4.79 Å². The summed E-state index contributed by atoms with van der Waals surface area (Å²) in [6.45, 7) is 3.40. The van der Waals surface area contributed by atoms with Gasteiger partial charge in [0.05, 0.1) is 6.26 Å². The van der Waals surface area contributed by atoms with Crippen LogP contribution in [0.15, 0.2) is 41.0 Å². The summed E-state index contributed by atoms with van der Waals surface area (Å²) in [6, 6.07) is 8.15. The molecule has 2 N–H and O–H groups in total. The van der Waals surface area contributed by atoms with E-state index in [0.29, 0.717) is 10.8 Å². The van der Waals surface area contributed by atoms with Gasteiger partial charge in [0, 0.05) is 5.02 Å². The first-order valence-electron chi connectivity index (χ1n) is 6.54. The number of aryl methyl sites for hydroxylation is 1. The average Bonchev–Trinajstić information content (AvgIpc) is 3.01. The standard InChI is InChI=1S/C15H15ClN2O4/c1-9-8-11(16)5-6-12(9)22-10(2)14(19)17-18-15(20)13-4-3-7-21-13/h3-8,10H,1-2H3,(H,17,19)(H,18,20)/t10-/m1/s1. The molecule has 0 saturated carbocycles. The highest BCUT2D eigenvalue weighted by molar-refractivity contribution is 6.30. The van der Waals surface area contributed by atoms with E-state index in [1.807, 2.05) is 6.92 Å². The van der Waals surface area contributed by atoms with Gasteiger partial charge in [-0.05, 0) is 49.7 Å². The van der Waals surface area contributed by atoms with Gasteiger partial charge in [0.1, 0.15) is 5.75 Å². The molecule has 2 rings (SSSR count). The van der Waals surface area contributed by atoms with Gasteiger partial charge in [-0.2, -0.15) is 0 Å². The van der Waals surface area contributed by atoms with Crippen molar-refractivity contribution >= 4 is 23.4 Å². The molecule has 2 aromatic rings. The highest BCUT2D eigenvalue weighted by atomic mass is 35.5. The molecule has 1 heterocycles. The summed E-state index contributed by atoms with van der Waals surface area (Å²) >= 11 is 5.86. The summed E-state index contributed by atoms with van der Waals surface area (Å²) in [6.07, 6.45) is 0.572. The van der Waals surface area contributed by atoms with Crippen molar-refractivity contribution in [2.24, 2.45) is 0 Å². The highest BCUT2D eigenvalue weighted by Crippen LogP contribution is 2.22. The number of hydrogen-bond donors (Lipinski definition) is 2. The lowest BCUT2D eigenvalue weighted by Gasteiger charge is -2.16. The molecule has 2 amide bonds. The molecule has 0 radical (unpaired) electrons. The predicted octanol–water partition coefficient (Wildman–Crippen LogP) is 2.47. The van der Waals surface area contributed by atoms with Crippen molar-refractivity contribution in [1.82, 2.24) is 10.9 Å². The minimum absolute atomic E-state index is 0.0995. The number of carbonyl (C=O) groups excluding carboxylic acids is 2. The molecule has 0 saturated heterocycles. The number of nitrogens with one attached hydrogen (secondary N) is 2. The molecule has 6 nitrogen and oxygen atoms in total. The zero-order valence-corrected chi connectivity index (χ0v) is 12.8. The van der Waals surface area contributed by atoms with Crippen molar-refractivity contribution in [1.29, 1.82) is 0 Å². The van der Waals surface area contributed by atoms with Crippen LogP contribution in [0.5, 0.6) is 5.75 Å². The van der Waals surface area contributed by atoms with E-state index >= 15 is 0 Å². The van der Waals surface area contributed by atoms with Gasteiger partial charge in [-0.1, -0.05) is 11.6 Å². The third-order valence-corrected chi connectivity index (χ3v) is 3.09. The Morgan fingerprint density at radius 2 is 2.05 bits per heavy atom. The number of halogens is 1. The fourth-order valence-corrected chi connectivity index (χ4v) is 1.91. The van der Waals surface area contributed by atoms with Crippen LogP contribution >= 0.6 is 11.6 Å². The second-order valence-corrected chi connectivity index (χ2v) is 5.03. The summed E-state index contributed by atoms with van der Waals surface area (Å²) in [5.41, 5.74) is 5.33. The van der Waals surface area contributed by atoms with E-state index in [9.17, 15) is 9.59 Å². The van der Waals surface area contributed by atoms with E-state index in [-0.39, 0.29) is 5.76 Å². The molecule has 1 atom stereocenters. The SMILES string of the molecule is Cc1cc(Cl)ccc1O[C@H](C)C(=O)NNC(=O)c1ccco1. The lowest BCUT2D eigenvalue weighted by atomic mass is 10.2. The first kappa shape index (κ1) is 15.9. The van der Waals surface area contributed by atoms with Gasteiger partial charge in [0.2, 0.25) is 0 Å². The number of amides is 2. The molecule has 0 aliphatic rings. The number of rotatable bonds is 4. The molecule has 0 unspecified atom stereocenters. The Kier molecular flexibility index (Phi) is 5.06. The van der Waals surface area contributed by atoms with Crippen molar-refractivity contribution in [3.8, 4) is 5.75 Å². The summed E-state index contributed by atoms with van der Waals surface area (Å²) < 4.78 is 10.4. The van der Waals surface area contributed by atoms with Gasteiger partial charge < -0.3 is 9.15 Å². The normalized spacial score (nSPS) is 11.6. The Bertz CT molecular complexity index is 670. The second-order valence-electron chi connectivity index (χ2n) is 4.59. The van der Waals surface area contributed by atoms with Crippen molar-refractivity contribution in [2.45, 2.75) is 20.0 Å². The molecule has 1 aromatic carbocycles. The zero-order chi connectivity index (χ0) is 16.1. The lowest BCUT2D eigenvalue weighted by Crippen LogP contribution is -2.47. The summed E-state index contributed by atoms with van der Waals surface area (Å²) in [5.74, 6) is -0.394. The quantitative estimate of drug-likeness (QED) is 0.847. The lowest BCUT2D eigenvalue weighted by molar-refractivity contribution is -0.128. The van der Waals surface area contributed by atoms with Gasteiger partial charge in [-0.25, -0.2) is 0 Å². The van der Waals surface area contributed by atoms with E-state index in [2.05, 4.69) is 10.9 Å². The van der Waals surface area contributed by atoms with Crippen LogP contribution in [0.1, 0.15) is 23.0 Å². The molecular weight excluding hydrogens is 308 g/mol. The smallest absolute Gasteiger partial charge is 0.305 e. The Hall–Kier alpha value is -2.47. The highest BCUT2D eigenvalue weighted by Gasteiger charge is 2.17. The van der Waals surface area contributed by atoms with Crippen LogP contribution in [0.3, 0.4) is 0 Å². The third-order valence-electron chi connectivity index (χ3n) is 2.85. The van der Waals surface area contributed by atoms with Crippen molar-refractivity contribution in [3.05, 3.63) is 52.9 Å². The molecule has 1 aromatic heterocycles. The van der Waals surface area contributed by atoms with Crippen LogP contribution in [0, 0.1) is 6.92 Å². The molecule has 7 heteroatoms. The van der Waals surface area contributed by atoms with Crippen LogP contribution < -0.4 is 15.6 Å². The third kappa shape index (κ3) is 4.02. The maximum atomic E-state index is 11.9. The fourth-order valence-electron chi connectivity index (χ4n) is 1.68. The predicted molar refractivity (Wildman–Crippen MR) is 80.6 cm³/mol. The van der Waals surface area contributed by atoms with Crippen LogP contribution in [0.25, 0.3) is 0 Å². The first-order valence-corrected chi connectivity index (χ1v) is 6.91. The minimum Gasteiger partial charge on any atom is -0.481 e. The molecule has 0 aliphatic carbocycles. The Balaban J connectivity index is 1.88. The number of furan rings is 1. The van der Waals surface area contributed by atoms with Crippen molar-refractivity contribution < 1.29 is 18.7 Å². The summed E-state index contributed by atoms with van der Waals surface area (Å²) in [5, 5.41) is 0.590. The van der Waals surface area contributed by atoms with Crippen LogP contribution in [-0.4, -0.2) is 17.9 Å². The zero-order valence-electron chi connectivity index (χ0n) is 12.1. The van der Waals surface area contributed by atoms with Gasteiger partial charge in [-0.3, -0.25) is 20.4 Å². The average molecular weight is 323 g/mol. The maximum Gasteiger partial charge on any atom is 0.305 e. The Labute approximate surface area is 132 Å². The van der Waals surface area contributed by atoms with Crippen molar-refractivity contribution in [2.75, 3.05) is 0 Å². The topological polar surface area (TPSA) is 80.6 Å². The van der Waals surface area contributed by atoms with E-state index in [0.717, 1.165) is 5.56 Å². The maximum absolute atomic E-state index is 11.9. The number of ether oxygens (including phenoxy) is 1. The van der Waals surface area contributed by atoms with Crippen LogP contribution in [0.4, 0.5) is 0 Å². The molecule has 116 valence electrons. The molecule has 22 heavy (non-hydrogen) atoms. The first-order chi connectivity index (χ1) is 10.5. The Morgan fingerprint density at radius 3 is 2.68 bits per heavy atom. The molecule has 0 fully saturated rings. The minimum atomic E-state index is -0.795. The monoisotopic (exact) mass is 322 g/mol. The van der Waals surface area contributed by atoms with E-state index in [1.54, 1.807) is 31.2 Å². The van der Waals surface area contributed by atoms with Crippen LogP contribution in [0.2, 0.25) is 5.02 Å². The van der Waals surface area contributed by atoms with Gasteiger partial charge >= 0.3 is 5.91 Å². The van der Waals surface area contributed by atoms with Gasteiger partial charge in [-0.15, -0.1) is 0 Å². The van der Waals surface area contributed by atoms with Gasteiger partial charge in [0.25, 0.3) is 5.91 Å². The number of hydrogen-bond acceptors (Lipinski definition) is 4. The molecule has 0 spiro atoms. The number of carbonyl (C=O) groups is 2. The Morgan fingerprint density at radius 1 is 1.27 bits per heavy atom. The number of benzene rings is 1.